The van der Waals surface area contributed by atoms with E-state index >= 15 is 0 Å². The number of carbonyl (C=O) groups is 1. The summed E-state index contributed by atoms with van der Waals surface area (Å²) >= 11 is 6.62. The molecule has 2 saturated carbocycles. The van der Waals surface area contributed by atoms with Gasteiger partial charge in [0.1, 0.15) is 0 Å². The van der Waals surface area contributed by atoms with Crippen molar-refractivity contribution in [3.8, 4) is 0 Å². The topological polar surface area (TPSA) is 26.3 Å². The zero-order chi connectivity index (χ0) is 12.8. The van der Waals surface area contributed by atoms with Gasteiger partial charge in [0, 0.05) is 5.41 Å². The fraction of sp³-hybridized carbons (Fsp3) is 0.846. The van der Waals surface area contributed by atoms with Gasteiger partial charge >= 0.3 is 0 Å². The normalized spacial score (nSPS) is 38.5. The van der Waals surface area contributed by atoms with E-state index in [0.29, 0.717) is 22.7 Å². The van der Waals surface area contributed by atoms with Gasteiger partial charge in [0.2, 0.25) is 4.38 Å². The zero-order valence-corrected chi connectivity index (χ0v) is 12.5. The summed E-state index contributed by atoms with van der Waals surface area (Å²) in [6, 6.07) is 0. The van der Waals surface area contributed by atoms with Crippen LogP contribution in [-0.4, -0.2) is 22.0 Å². The summed E-state index contributed by atoms with van der Waals surface area (Å²) in [5.41, 5.74) is -0.0548. The van der Waals surface area contributed by atoms with Gasteiger partial charge < -0.3 is 4.74 Å². The number of ether oxygens (including phenoxy) is 1. The van der Waals surface area contributed by atoms with Crippen molar-refractivity contribution >= 4 is 34.1 Å². The molecule has 96 valence electrons. The van der Waals surface area contributed by atoms with Crippen molar-refractivity contribution in [2.75, 3.05) is 6.61 Å². The quantitative estimate of drug-likeness (QED) is 0.719. The molecule has 0 N–H and O–H groups in total. The van der Waals surface area contributed by atoms with Gasteiger partial charge in [0.15, 0.2) is 5.78 Å². The molecule has 0 aliphatic heterocycles. The Bertz CT molecular complexity index is 364. The van der Waals surface area contributed by atoms with Gasteiger partial charge in [-0.25, -0.2) is 0 Å². The van der Waals surface area contributed by atoms with Crippen molar-refractivity contribution in [2.45, 2.75) is 45.8 Å². The second kappa shape index (κ2) is 4.23. The summed E-state index contributed by atoms with van der Waals surface area (Å²) in [6.07, 6.45) is 2.17. The lowest BCUT2D eigenvalue weighted by Gasteiger charge is -2.32. The molecular weight excluding hydrogens is 252 g/mol. The van der Waals surface area contributed by atoms with Crippen LogP contribution in [0.15, 0.2) is 0 Å². The van der Waals surface area contributed by atoms with E-state index in [1.807, 2.05) is 6.92 Å². The van der Waals surface area contributed by atoms with Gasteiger partial charge in [0.05, 0.1) is 11.9 Å². The Labute approximate surface area is 113 Å². The molecule has 0 aromatic heterocycles. The van der Waals surface area contributed by atoms with Crippen molar-refractivity contribution in [3.63, 3.8) is 0 Å². The molecule has 0 aromatic rings. The molecule has 2 bridgehead atoms. The van der Waals surface area contributed by atoms with Crippen LogP contribution >= 0.6 is 24.0 Å². The van der Waals surface area contributed by atoms with Crippen LogP contribution in [-0.2, 0) is 9.53 Å². The molecule has 0 aromatic carbocycles. The number of carbonyl (C=O) groups excluding carboxylic acids is 1. The SMILES string of the molecule is CCOC(=S)SC1C(=O)C2(C)CCC1C2(C)C. The van der Waals surface area contributed by atoms with E-state index in [2.05, 4.69) is 20.8 Å². The first-order valence-corrected chi connectivity index (χ1v) is 7.51. The standard InChI is InChI=1S/C13H20O2S2/c1-5-15-11(16)17-9-8-6-7-13(4,10(9)14)12(8,2)3/h8-9H,5-7H2,1-4H3. The van der Waals surface area contributed by atoms with Crippen molar-refractivity contribution in [1.82, 2.24) is 0 Å². The third kappa shape index (κ3) is 1.75. The zero-order valence-electron chi connectivity index (χ0n) is 10.9. The van der Waals surface area contributed by atoms with E-state index in [4.69, 9.17) is 17.0 Å². The Morgan fingerprint density at radius 1 is 1.53 bits per heavy atom. The highest BCUT2D eigenvalue weighted by atomic mass is 32.2. The number of hydrogen-bond donors (Lipinski definition) is 0. The molecule has 3 unspecified atom stereocenters. The highest BCUT2D eigenvalue weighted by molar-refractivity contribution is 8.23. The molecule has 0 amide bonds. The van der Waals surface area contributed by atoms with Gasteiger partial charge in [-0.3, -0.25) is 4.79 Å². The average molecular weight is 272 g/mol. The van der Waals surface area contributed by atoms with Gasteiger partial charge in [-0.05, 0) is 43.3 Å². The number of rotatable bonds is 2. The molecule has 2 rings (SSSR count). The Balaban J connectivity index is 2.17. The lowest BCUT2D eigenvalue weighted by Crippen LogP contribution is -2.34. The fourth-order valence-corrected chi connectivity index (χ4v) is 5.22. The predicted molar refractivity (Wildman–Crippen MR) is 75.2 cm³/mol. The van der Waals surface area contributed by atoms with Crippen LogP contribution in [0.1, 0.15) is 40.5 Å². The lowest BCUT2D eigenvalue weighted by molar-refractivity contribution is -0.127. The number of ketones is 1. The molecule has 0 radical (unpaired) electrons. The van der Waals surface area contributed by atoms with E-state index in [1.165, 1.54) is 11.8 Å². The number of Topliss-reactive ketones (excluding diaryl/α,β-unsaturated/α-hetero) is 1. The largest absolute Gasteiger partial charge is 0.479 e. The highest BCUT2D eigenvalue weighted by Crippen LogP contribution is 2.65. The second-order valence-corrected chi connectivity index (χ2v) is 7.53. The molecule has 0 saturated heterocycles. The van der Waals surface area contributed by atoms with Crippen LogP contribution in [0.4, 0.5) is 0 Å². The molecule has 2 nitrogen and oxygen atoms in total. The highest BCUT2D eigenvalue weighted by Gasteiger charge is 2.66. The Hall–Kier alpha value is -0.0900. The Morgan fingerprint density at radius 2 is 2.18 bits per heavy atom. The monoisotopic (exact) mass is 272 g/mol. The van der Waals surface area contributed by atoms with Gasteiger partial charge in [-0.15, -0.1) is 0 Å². The van der Waals surface area contributed by atoms with E-state index in [1.54, 1.807) is 0 Å². The van der Waals surface area contributed by atoms with Crippen LogP contribution in [0.2, 0.25) is 0 Å². The van der Waals surface area contributed by atoms with Gasteiger partial charge in [-0.1, -0.05) is 32.5 Å². The molecule has 4 heteroatoms. The van der Waals surface area contributed by atoms with E-state index in [-0.39, 0.29) is 16.1 Å². The average Bonchev–Trinajstić information content (AvgIpc) is 2.53. The van der Waals surface area contributed by atoms with E-state index in [9.17, 15) is 4.79 Å². The summed E-state index contributed by atoms with van der Waals surface area (Å²) < 4.78 is 5.83. The maximum absolute atomic E-state index is 12.5. The maximum Gasteiger partial charge on any atom is 0.220 e. The fourth-order valence-electron chi connectivity index (χ4n) is 3.39. The minimum absolute atomic E-state index is 0.0165. The van der Waals surface area contributed by atoms with Crippen molar-refractivity contribution in [1.29, 1.82) is 0 Å². The van der Waals surface area contributed by atoms with Crippen LogP contribution in [0.25, 0.3) is 0 Å². The first kappa shape index (κ1) is 13.3. The minimum atomic E-state index is -0.156. The third-order valence-electron chi connectivity index (χ3n) is 4.96. The minimum Gasteiger partial charge on any atom is -0.479 e. The number of thiocarbonyl (C=S) groups is 1. The second-order valence-electron chi connectivity index (χ2n) is 5.78. The molecule has 0 heterocycles. The van der Waals surface area contributed by atoms with Crippen LogP contribution < -0.4 is 0 Å². The first-order valence-electron chi connectivity index (χ1n) is 6.22. The Morgan fingerprint density at radius 3 is 2.65 bits per heavy atom. The maximum atomic E-state index is 12.5. The summed E-state index contributed by atoms with van der Waals surface area (Å²) in [5.74, 6) is 0.828. The van der Waals surface area contributed by atoms with Crippen molar-refractivity contribution in [3.05, 3.63) is 0 Å². The van der Waals surface area contributed by atoms with Crippen LogP contribution in [0.5, 0.6) is 0 Å². The lowest BCUT2D eigenvalue weighted by atomic mass is 9.70. The molecule has 2 aliphatic carbocycles. The first-order chi connectivity index (χ1) is 7.84. The van der Waals surface area contributed by atoms with Crippen molar-refractivity contribution < 1.29 is 9.53 Å². The predicted octanol–water partition coefficient (Wildman–Crippen LogP) is 3.43. The van der Waals surface area contributed by atoms with Crippen LogP contribution in [0.3, 0.4) is 0 Å². The summed E-state index contributed by atoms with van der Waals surface area (Å²) in [7, 11) is 0. The van der Waals surface area contributed by atoms with Gasteiger partial charge in [0.25, 0.3) is 0 Å². The van der Waals surface area contributed by atoms with Gasteiger partial charge in [-0.2, -0.15) is 0 Å². The number of fused-ring (bicyclic) bond motifs is 2. The third-order valence-corrected chi connectivity index (χ3v) is 6.47. The molecule has 0 spiro atoms. The summed E-state index contributed by atoms with van der Waals surface area (Å²) in [6.45, 7) is 9.08. The molecular formula is C13H20O2S2. The summed E-state index contributed by atoms with van der Waals surface area (Å²) in [4.78, 5) is 12.5. The molecule has 3 atom stereocenters. The summed E-state index contributed by atoms with van der Waals surface area (Å²) in [5, 5.41) is 0.0165. The smallest absolute Gasteiger partial charge is 0.220 e. The van der Waals surface area contributed by atoms with E-state index < -0.39 is 0 Å². The van der Waals surface area contributed by atoms with Crippen LogP contribution in [0, 0.1) is 16.7 Å². The molecule has 2 fully saturated rings. The number of hydrogen-bond acceptors (Lipinski definition) is 4. The number of thioether (sulfide) groups is 1. The molecule has 2 aliphatic rings. The van der Waals surface area contributed by atoms with Crippen molar-refractivity contribution in [2.24, 2.45) is 16.7 Å². The Kier molecular flexibility index (Phi) is 3.32. The van der Waals surface area contributed by atoms with E-state index in [0.717, 1.165) is 12.8 Å². The molecule has 17 heavy (non-hydrogen) atoms.